The molecule has 1 aliphatic rings. The molecule has 3 N–H and O–H groups in total. The van der Waals surface area contributed by atoms with Crippen LogP contribution in [0, 0.1) is 11.6 Å². The van der Waals surface area contributed by atoms with Crippen LogP contribution in [0.3, 0.4) is 0 Å². The zero-order chi connectivity index (χ0) is 19.9. The summed E-state index contributed by atoms with van der Waals surface area (Å²) in [5.74, 6) is -1.29. The highest BCUT2D eigenvalue weighted by Gasteiger charge is 2.25. The molecular formula is C21H24F2N3O2+. The summed E-state index contributed by atoms with van der Waals surface area (Å²) in [5.41, 5.74) is 0.900. The first-order chi connectivity index (χ1) is 13.5. The molecule has 0 unspecified atom stereocenters. The molecule has 0 saturated carbocycles. The lowest BCUT2D eigenvalue weighted by atomic mass is 10.0. The van der Waals surface area contributed by atoms with Crippen molar-refractivity contribution in [1.82, 2.24) is 10.6 Å². The van der Waals surface area contributed by atoms with Crippen LogP contribution in [0.1, 0.15) is 28.8 Å². The second kappa shape index (κ2) is 9.41. The van der Waals surface area contributed by atoms with Gasteiger partial charge in [0.25, 0.3) is 11.8 Å². The van der Waals surface area contributed by atoms with E-state index in [0.29, 0.717) is 13.1 Å². The average Bonchev–Trinajstić information content (AvgIpc) is 2.69. The van der Waals surface area contributed by atoms with Crippen molar-refractivity contribution in [1.29, 1.82) is 0 Å². The summed E-state index contributed by atoms with van der Waals surface area (Å²) >= 11 is 0. The van der Waals surface area contributed by atoms with E-state index in [9.17, 15) is 18.4 Å². The minimum absolute atomic E-state index is 0.0156. The lowest BCUT2D eigenvalue weighted by Gasteiger charge is -2.29. The highest BCUT2D eigenvalue weighted by Crippen LogP contribution is 2.08. The predicted octanol–water partition coefficient (Wildman–Crippen LogP) is 1.06. The Bertz CT molecular complexity index is 819. The minimum atomic E-state index is -0.527. The molecular weight excluding hydrogens is 364 g/mol. The van der Waals surface area contributed by atoms with Gasteiger partial charge in [0, 0.05) is 25.4 Å². The van der Waals surface area contributed by atoms with Crippen molar-refractivity contribution in [3.8, 4) is 0 Å². The maximum absolute atomic E-state index is 13.7. The normalized spacial score (nSPS) is 19.1. The third kappa shape index (κ3) is 5.60. The molecule has 1 aliphatic heterocycles. The van der Waals surface area contributed by atoms with E-state index in [1.807, 2.05) is 0 Å². The number of hydrogen-bond acceptors (Lipinski definition) is 2. The molecule has 2 aromatic rings. The first-order valence-electron chi connectivity index (χ1n) is 9.41. The predicted molar refractivity (Wildman–Crippen MR) is 101 cm³/mol. The van der Waals surface area contributed by atoms with E-state index in [1.165, 1.54) is 24.3 Å². The van der Waals surface area contributed by atoms with Gasteiger partial charge < -0.3 is 15.5 Å². The third-order valence-corrected chi connectivity index (χ3v) is 4.96. The fourth-order valence-electron chi connectivity index (χ4n) is 3.35. The van der Waals surface area contributed by atoms with Crippen LogP contribution in [-0.2, 0) is 11.3 Å². The molecule has 0 aliphatic carbocycles. The van der Waals surface area contributed by atoms with E-state index in [0.717, 1.165) is 36.4 Å². The van der Waals surface area contributed by atoms with Crippen molar-refractivity contribution in [3.05, 3.63) is 71.3 Å². The molecule has 3 rings (SSSR count). The number of nitrogens with one attached hydrogen (secondary N) is 3. The van der Waals surface area contributed by atoms with Gasteiger partial charge in [-0.1, -0.05) is 24.3 Å². The van der Waals surface area contributed by atoms with E-state index >= 15 is 0 Å². The van der Waals surface area contributed by atoms with E-state index in [-0.39, 0.29) is 23.3 Å². The van der Waals surface area contributed by atoms with Crippen LogP contribution < -0.4 is 15.5 Å². The van der Waals surface area contributed by atoms with E-state index in [1.54, 1.807) is 24.3 Å². The van der Waals surface area contributed by atoms with E-state index < -0.39 is 11.7 Å². The molecule has 2 aromatic carbocycles. The Hall–Kier alpha value is -2.80. The fraction of sp³-hybridized carbons (Fsp3) is 0.333. The van der Waals surface area contributed by atoms with Gasteiger partial charge in [-0.3, -0.25) is 9.59 Å². The van der Waals surface area contributed by atoms with Crippen LogP contribution in [0.2, 0.25) is 0 Å². The molecule has 0 spiro atoms. The van der Waals surface area contributed by atoms with Crippen molar-refractivity contribution < 1.29 is 23.3 Å². The number of quaternary nitrogens is 1. The quantitative estimate of drug-likeness (QED) is 0.693. The van der Waals surface area contributed by atoms with Gasteiger partial charge in [0.05, 0.1) is 18.7 Å². The Kier molecular flexibility index (Phi) is 6.71. The van der Waals surface area contributed by atoms with Gasteiger partial charge in [-0.05, 0) is 29.8 Å². The van der Waals surface area contributed by atoms with Gasteiger partial charge in [-0.25, -0.2) is 8.78 Å². The lowest BCUT2D eigenvalue weighted by Crippen LogP contribution is -3.14. The van der Waals surface area contributed by atoms with Crippen LogP contribution in [-0.4, -0.2) is 37.5 Å². The Labute approximate surface area is 162 Å². The Balaban J connectivity index is 1.39. The molecule has 0 radical (unpaired) electrons. The van der Waals surface area contributed by atoms with E-state index in [4.69, 9.17) is 0 Å². The number of hydrogen-bond donors (Lipinski definition) is 3. The van der Waals surface area contributed by atoms with Gasteiger partial charge >= 0.3 is 0 Å². The van der Waals surface area contributed by atoms with Gasteiger partial charge in [-0.15, -0.1) is 0 Å². The third-order valence-electron chi connectivity index (χ3n) is 4.96. The van der Waals surface area contributed by atoms with Crippen LogP contribution >= 0.6 is 0 Å². The molecule has 2 amide bonds. The van der Waals surface area contributed by atoms with Crippen LogP contribution in [0.5, 0.6) is 0 Å². The molecule has 0 aromatic heterocycles. The van der Waals surface area contributed by atoms with Gasteiger partial charge in [0.1, 0.15) is 11.6 Å². The second-order valence-electron chi connectivity index (χ2n) is 7.06. The Morgan fingerprint density at radius 1 is 1.00 bits per heavy atom. The summed E-state index contributed by atoms with van der Waals surface area (Å²) in [4.78, 5) is 25.5. The van der Waals surface area contributed by atoms with Crippen molar-refractivity contribution in [3.63, 3.8) is 0 Å². The molecule has 1 fully saturated rings. The first kappa shape index (κ1) is 19.9. The van der Waals surface area contributed by atoms with Crippen molar-refractivity contribution in [2.75, 3.05) is 19.6 Å². The first-order valence-corrected chi connectivity index (χ1v) is 9.41. The zero-order valence-corrected chi connectivity index (χ0v) is 15.5. The second-order valence-corrected chi connectivity index (χ2v) is 7.06. The SMILES string of the molecule is O=C(C[NH+]1CCC(NC(=O)c2ccccc2F)CC1)NCc1ccc(F)cc1. The molecule has 0 atom stereocenters. The van der Waals surface area contributed by atoms with Crippen LogP contribution in [0.25, 0.3) is 0 Å². The molecule has 7 heteroatoms. The van der Waals surface area contributed by atoms with E-state index in [2.05, 4.69) is 10.6 Å². The summed E-state index contributed by atoms with van der Waals surface area (Å²) in [6.45, 7) is 2.24. The maximum Gasteiger partial charge on any atom is 0.275 e. The number of benzene rings is 2. The molecule has 148 valence electrons. The largest absolute Gasteiger partial charge is 0.349 e. The molecule has 5 nitrogen and oxygen atoms in total. The lowest BCUT2D eigenvalue weighted by molar-refractivity contribution is -0.897. The summed E-state index contributed by atoms with van der Waals surface area (Å²) < 4.78 is 26.6. The van der Waals surface area contributed by atoms with Crippen LogP contribution in [0.15, 0.2) is 48.5 Å². The van der Waals surface area contributed by atoms with Crippen molar-refractivity contribution in [2.24, 2.45) is 0 Å². The Morgan fingerprint density at radius 2 is 1.68 bits per heavy atom. The Morgan fingerprint density at radius 3 is 2.36 bits per heavy atom. The molecule has 0 bridgehead atoms. The average molecular weight is 388 g/mol. The molecule has 1 saturated heterocycles. The zero-order valence-electron chi connectivity index (χ0n) is 15.5. The van der Waals surface area contributed by atoms with Gasteiger partial charge in [0.15, 0.2) is 6.54 Å². The number of likely N-dealkylation sites (tertiary alicyclic amines) is 1. The smallest absolute Gasteiger partial charge is 0.275 e. The topological polar surface area (TPSA) is 62.6 Å². The summed E-state index contributed by atoms with van der Waals surface area (Å²) in [6.07, 6.45) is 1.47. The van der Waals surface area contributed by atoms with Gasteiger partial charge in [0.2, 0.25) is 0 Å². The summed E-state index contributed by atoms with van der Waals surface area (Å²) in [7, 11) is 0. The number of piperidine rings is 1. The molecule has 1 heterocycles. The van der Waals surface area contributed by atoms with Crippen molar-refractivity contribution in [2.45, 2.75) is 25.4 Å². The molecule has 28 heavy (non-hydrogen) atoms. The fourth-order valence-corrected chi connectivity index (χ4v) is 3.35. The van der Waals surface area contributed by atoms with Crippen molar-refractivity contribution >= 4 is 11.8 Å². The summed E-state index contributed by atoms with van der Waals surface area (Å²) in [6, 6.07) is 11.9. The number of halogens is 2. The van der Waals surface area contributed by atoms with Crippen LogP contribution in [0.4, 0.5) is 8.78 Å². The maximum atomic E-state index is 13.7. The highest BCUT2D eigenvalue weighted by atomic mass is 19.1. The van der Waals surface area contributed by atoms with Gasteiger partial charge in [-0.2, -0.15) is 0 Å². The summed E-state index contributed by atoms with van der Waals surface area (Å²) in [5, 5.41) is 5.72. The minimum Gasteiger partial charge on any atom is -0.349 e. The highest BCUT2D eigenvalue weighted by molar-refractivity contribution is 5.94. The number of carbonyl (C=O) groups excluding carboxylic acids is 2. The monoisotopic (exact) mass is 388 g/mol. The number of rotatable bonds is 6. The standard InChI is InChI=1S/C21H23F2N3O2/c22-16-7-5-15(6-8-16)13-24-20(27)14-26-11-9-17(10-12-26)25-21(28)18-3-1-2-4-19(18)23/h1-8,17H,9-14H2,(H,24,27)(H,25,28)/p+1. The number of amides is 2. The number of carbonyl (C=O) groups is 2.